The number of benzene rings is 1. The molecule has 2 rings (SSSR count). The van der Waals surface area contributed by atoms with Gasteiger partial charge in [-0.05, 0) is 24.1 Å². The molecule has 0 spiro atoms. The summed E-state index contributed by atoms with van der Waals surface area (Å²) in [7, 11) is 0. The molecule has 0 unspecified atom stereocenters. The molecule has 0 atom stereocenters. The molecule has 0 amide bonds. The van der Waals surface area contributed by atoms with Crippen LogP contribution in [0.4, 0.5) is 5.69 Å². The van der Waals surface area contributed by atoms with Crippen LogP contribution in [-0.2, 0) is 6.42 Å². The van der Waals surface area contributed by atoms with Gasteiger partial charge in [0.05, 0.1) is 10.6 Å². The van der Waals surface area contributed by atoms with Gasteiger partial charge in [-0.15, -0.1) is 11.3 Å². The highest BCUT2D eigenvalue weighted by atomic mass is 35.5. The predicted molar refractivity (Wildman–Crippen MR) is 70.2 cm³/mol. The summed E-state index contributed by atoms with van der Waals surface area (Å²) in [4.78, 5) is 9.26. The van der Waals surface area contributed by atoms with E-state index in [1.165, 1.54) is 16.9 Å². The highest BCUT2D eigenvalue weighted by Crippen LogP contribution is 2.18. The van der Waals surface area contributed by atoms with Crippen LogP contribution >= 0.6 is 22.9 Å². The zero-order chi connectivity index (χ0) is 11.4. The SMILES string of the molecule is CCc1ccc(/N=C/c2cnc(Cl)s2)cc1. The highest BCUT2D eigenvalue weighted by molar-refractivity contribution is 7.17. The van der Waals surface area contributed by atoms with Gasteiger partial charge in [0.25, 0.3) is 0 Å². The Morgan fingerprint density at radius 1 is 1.38 bits per heavy atom. The number of aliphatic imine (C=N–C) groups is 1. The Kier molecular flexibility index (Phi) is 3.70. The average Bonchev–Trinajstić information content (AvgIpc) is 2.73. The van der Waals surface area contributed by atoms with Crippen LogP contribution in [0.2, 0.25) is 4.47 Å². The Bertz CT molecular complexity index is 488. The van der Waals surface area contributed by atoms with Crippen molar-refractivity contribution in [3.05, 3.63) is 45.4 Å². The van der Waals surface area contributed by atoms with Crippen molar-refractivity contribution in [1.29, 1.82) is 0 Å². The lowest BCUT2D eigenvalue weighted by molar-refractivity contribution is 1.14. The van der Waals surface area contributed by atoms with E-state index in [0.29, 0.717) is 4.47 Å². The fraction of sp³-hybridized carbons (Fsp3) is 0.167. The van der Waals surface area contributed by atoms with Crippen LogP contribution in [0, 0.1) is 0 Å². The normalized spacial score (nSPS) is 11.1. The molecule has 0 saturated carbocycles. The number of aryl methyl sites for hydroxylation is 1. The fourth-order valence-corrected chi connectivity index (χ4v) is 2.11. The molecule has 1 aromatic heterocycles. The number of hydrogen-bond acceptors (Lipinski definition) is 3. The summed E-state index contributed by atoms with van der Waals surface area (Å²) in [6.45, 7) is 2.14. The Hall–Kier alpha value is -1.19. The van der Waals surface area contributed by atoms with Gasteiger partial charge in [-0.2, -0.15) is 0 Å². The minimum Gasteiger partial charge on any atom is -0.255 e. The van der Waals surface area contributed by atoms with Gasteiger partial charge in [-0.3, -0.25) is 4.99 Å². The third-order valence-electron chi connectivity index (χ3n) is 2.18. The molecule has 82 valence electrons. The van der Waals surface area contributed by atoms with Crippen molar-refractivity contribution in [3.8, 4) is 0 Å². The lowest BCUT2D eigenvalue weighted by atomic mass is 10.2. The number of thiazole rings is 1. The Labute approximate surface area is 104 Å². The van der Waals surface area contributed by atoms with E-state index in [1.54, 1.807) is 12.4 Å². The van der Waals surface area contributed by atoms with Gasteiger partial charge in [0.15, 0.2) is 4.47 Å². The van der Waals surface area contributed by atoms with Gasteiger partial charge in [0.1, 0.15) is 0 Å². The second-order valence-electron chi connectivity index (χ2n) is 3.29. The van der Waals surface area contributed by atoms with E-state index in [1.807, 2.05) is 12.1 Å². The smallest absolute Gasteiger partial charge is 0.184 e. The molecular weight excluding hydrogens is 240 g/mol. The molecule has 0 aliphatic carbocycles. The topological polar surface area (TPSA) is 25.2 Å². The molecule has 0 aliphatic heterocycles. The van der Waals surface area contributed by atoms with Crippen molar-refractivity contribution >= 4 is 34.8 Å². The number of rotatable bonds is 3. The second kappa shape index (κ2) is 5.23. The largest absolute Gasteiger partial charge is 0.255 e. The minimum atomic E-state index is 0.544. The van der Waals surface area contributed by atoms with Crippen molar-refractivity contribution < 1.29 is 0 Å². The number of halogens is 1. The van der Waals surface area contributed by atoms with Crippen LogP contribution in [-0.4, -0.2) is 11.2 Å². The number of hydrogen-bond donors (Lipinski definition) is 0. The third kappa shape index (κ3) is 2.90. The maximum atomic E-state index is 5.73. The summed E-state index contributed by atoms with van der Waals surface area (Å²) in [5.74, 6) is 0. The van der Waals surface area contributed by atoms with Gasteiger partial charge in [0.2, 0.25) is 0 Å². The predicted octanol–water partition coefficient (Wildman–Crippen LogP) is 4.11. The molecule has 2 aromatic rings. The van der Waals surface area contributed by atoms with Crippen molar-refractivity contribution in [3.63, 3.8) is 0 Å². The molecular formula is C12H11ClN2S. The van der Waals surface area contributed by atoms with Gasteiger partial charge < -0.3 is 0 Å². The summed E-state index contributed by atoms with van der Waals surface area (Å²) < 4.78 is 0.544. The average molecular weight is 251 g/mol. The molecule has 1 aromatic carbocycles. The number of aromatic nitrogens is 1. The first kappa shape index (κ1) is 11.3. The van der Waals surface area contributed by atoms with Crippen molar-refractivity contribution in [2.24, 2.45) is 4.99 Å². The maximum absolute atomic E-state index is 5.73. The summed E-state index contributed by atoms with van der Waals surface area (Å²) in [6, 6.07) is 8.20. The van der Waals surface area contributed by atoms with E-state index in [0.717, 1.165) is 17.0 Å². The van der Waals surface area contributed by atoms with Crippen molar-refractivity contribution in [1.82, 2.24) is 4.98 Å². The molecule has 0 bridgehead atoms. The zero-order valence-electron chi connectivity index (χ0n) is 8.85. The summed E-state index contributed by atoms with van der Waals surface area (Å²) >= 11 is 7.15. The molecule has 0 aliphatic rings. The van der Waals surface area contributed by atoms with Crippen LogP contribution < -0.4 is 0 Å². The second-order valence-corrected chi connectivity index (χ2v) is 4.94. The standard InChI is InChI=1S/C12H11ClN2S/c1-2-9-3-5-10(6-4-9)14-7-11-8-15-12(13)16-11/h3-8H,2H2,1H3/b14-7+. The quantitative estimate of drug-likeness (QED) is 0.753. The van der Waals surface area contributed by atoms with Crippen molar-refractivity contribution in [2.45, 2.75) is 13.3 Å². The Morgan fingerprint density at radius 3 is 2.69 bits per heavy atom. The van der Waals surface area contributed by atoms with Crippen molar-refractivity contribution in [2.75, 3.05) is 0 Å². The van der Waals surface area contributed by atoms with E-state index in [4.69, 9.17) is 11.6 Å². The molecule has 0 N–H and O–H groups in total. The van der Waals surface area contributed by atoms with Gasteiger partial charge in [-0.25, -0.2) is 4.98 Å². The van der Waals surface area contributed by atoms with Gasteiger partial charge in [0, 0.05) is 12.4 Å². The Morgan fingerprint density at radius 2 is 2.12 bits per heavy atom. The van der Waals surface area contributed by atoms with E-state index >= 15 is 0 Å². The molecule has 2 nitrogen and oxygen atoms in total. The molecule has 0 saturated heterocycles. The summed E-state index contributed by atoms with van der Waals surface area (Å²) in [5, 5.41) is 0. The van der Waals surface area contributed by atoms with E-state index < -0.39 is 0 Å². The first-order valence-electron chi connectivity index (χ1n) is 5.02. The van der Waals surface area contributed by atoms with E-state index in [9.17, 15) is 0 Å². The number of nitrogens with zero attached hydrogens (tertiary/aromatic N) is 2. The van der Waals surface area contributed by atoms with E-state index in [2.05, 4.69) is 29.0 Å². The fourth-order valence-electron chi connectivity index (χ4n) is 1.28. The zero-order valence-corrected chi connectivity index (χ0v) is 10.4. The van der Waals surface area contributed by atoms with Gasteiger partial charge >= 0.3 is 0 Å². The molecule has 0 fully saturated rings. The van der Waals surface area contributed by atoms with Crippen LogP contribution in [0.25, 0.3) is 0 Å². The maximum Gasteiger partial charge on any atom is 0.184 e. The highest BCUT2D eigenvalue weighted by Gasteiger charge is 1.95. The third-order valence-corrected chi connectivity index (χ3v) is 3.23. The molecule has 0 radical (unpaired) electrons. The first-order chi connectivity index (χ1) is 7.78. The molecule has 16 heavy (non-hydrogen) atoms. The van der Waals surface area contributed by atoms with Gasteiger partial charge in [-0.1, -0.05) is 30.7 Å². The monoisotopic (exact) mass is 250 g/mol. The van der Waals surface area contributed by atoms with E-state index in [-0.39, 0.29) is 0 Å². The molecule has 1 heterocycles. The van der Waals surface area contributed by atoms with Crippen LogP contribution in [0.1, 0.15) is 17.4 Å². The molecule has 4 heteroatoms. The van der Waals surface area contributed by atoms with Crippen LogP contribution in [0.3, 0.4) is 0 Å². The summed E-state index contributed by atoms with van der Waals surface area (Å²) in [6.07, 6.45) is 4.55. The lowest BCUT2D eigenvalue weighted by Crippen LogP contribution is -1.77. The summed E-state index contributed by atoms with van der Waals surface area (Å²) in [5.41, 5.74) is 2.27. The minimum absolute atomic E-state index is 0.544. The lowest BCUT2D eigenvalue weighted by Gasteiger charge is -1.96. The van der Waals surface area contributed by atoms with Crippen LogP contribution in [0.5, 0.6) is 0 Å². The van der Waals surface area contributed by atoms with Crippen LogP contribution in [0.15, 0.2) is 35.5 Å². The first-order valence-corrected chi connectivity index (χ1v) is 6.21. The Balaban J connectivity index is 2.11.